The minimum Gasteiger partial charge on any atom is -0.460 e. The number of nitrogens with zero attached hydrogens (tertiary/aromatic N) is 1. The predicted octanol–water partition coefficient (Wildman–Crippen LogP) is -0.720. The molecule has 1 aromatic heterocycles. The number of rotatable bonds is 3. The molecule has 19 heavy (non-hydrogen) atoms. The van der Waals surface area contributed by atoms with Gasteiger partial charge in [0.15, 0.2) is 12.5 Å². The van der Waals surface area contributed by atoms with Gasteiger partial charge < -0.3 is 14.2 Å². The summed E-state index contributed by atoms with van der Waals surface area (Å²) in [5.74, 6) is -0.437. The van der Waals surface area contributed by atoms with Crippen LogP contribution in [0.2, 0.25) is 0 Å². The molecule has 0 spiro atoms. The van der Waals surface area contributed by atoms with E-state index in [4.69, 9.17) is 14.2 Å². The van der Waals surface area contributed by atoms with Crippen LogP contribution in [0.1, 0.15) is 18.7 Å². The summed E-state index contributed by atoms with van der Waals surface area (Å²) in [4.78, 5) is 35.7. The minimum atomic E-state index is -0.715. The fraction of sp³-hybridized carbons (Fsp3) is 0.545. The van der Waals surface area contributed by atoms with Gasteiger partial charge >= 0.3 is 11.7 Å². The largest absolute Gasteiger partial charge is 0.460 e. The van der Waals surface area contributed by atoms with E-state index in [0.29, 0.717) is 5.56 Å². The quantitative estimate of drug-likeness (QED) is 0.728. The first-order valence-corrected chi connectivity index (χ1v) is 5.70. The zero-order valence-corrected chi connectivity index (χ0v) is 10.5. The fourth-order valence-corrected chi connectivity index (χ4v) is 1.66. The first kappa shape index (κ1) is 13.5. The summed E-state index contributed by atoms with van der Waals surface area (Å²) in [7, 11) is 0. The first-order chi connectivity index (χ1) is 8.97. The molecule has 0 saturated carbocycles. The molecule has 1 N–H and O–H groups in total. The number of esters is 1. The van der Waals surface area contributed by atoms with Crippen molar-refractivity contribution in [3.05, 3.63) is 32.6 Å². The summed E-state index contributed by atoms with van der Waals surface area (Å²) in [6.07, 6.45) is 0.0419. The van der Waals surface area contributed by atoms with Crippen LogP contribution in [0.3, 0.4) is 0 Å². The Morgan fingerprint density at radius 2 is 2.32 bits per heavy atom. The molecule has 1 aliphatic heterocycles. The second-order valence-corrected chi connectivity index (χ2v) is 4.13. The lowest BCUT2D eigenvalue weighted by atomic mass is 10.4. The molecular weight excluding hydrogens is 256 g/mol. The number of H-pyrrole nitrogens is 1. The average molecular weight is 270 g/mol. The van der Waals surface area contributed by atoms with E-state index in [1.165, 1.54) is 17.7 Å². The van der Waals surface area contributed by atoms with E-state index >= 15 is 0 Å². The molecule has 0 bridgehead atoms. The number of aromatic nitrogens is 2. The van der Waals surface area contributed by atoms with Gasteiger partial charge in [-0.3, -0.25) is 19.1 Å². The van der Waals surface area contributed by atoms with Gasteiger partial charge in [0.1, 0.15) is 6.61 Å². The molecule has 1 fully saturated rings. The normalized spacial score (nSPS) is 22.4. The molecule has 104 valence electrons. The zero-order valence-electron chi connectivity index (χ0n) is 10.5. The Morgan fingerprint density at radius 1 is 1.58 bits per heavy atom. The average Bonchev–Trinajstić information content (AvgIpc) is 2.80. The number of aromatic amines is 1. The molecular formula is C11H14N2O6. The molecule has 8 heteroatoms. The van der Waals surface area contributed by atoms with Gasteiger partial charge in [-0.1, -0.05) is 0 Å². The van der Waals surface area contributed by atoms with Gasteiger partial charge in [0.2, 0.25) is 0 Å². The van der Waals surface area contributed by atoms with E-state index in [1.54, 1.807) is 6.92 Å². The Balaban J connectivity index is 2.09. The monoisotopic (exact) mass is 270 g/mol. The van der Waals surface area contributed by atoms with Crippen LogP contribution < -0.4 is 11.2 Å². The van der Waals surface area contributed by atoms with Crippen molar-refractivity contribution < 1.29 is 19.0 Å². The fourth-order valence-electron chi connectivity index (χ4n) is 1.66. The van der Waals surface area contributed by atoms with E-state index in [0.717, 1.165) is 0 Å². The lowest BCUT2D eigenvalue weighted by molar-refractivity contribution is -0.156. The summed E-state index contributed by atoms with van der Waals surface area (Å²) in [6, 6.07) is 0. The Morgan fingerprint density at radius 3 is 3.00 bits per heavy atom. The van der Waals surface area contributed by atoms with Crippen LogP contribution in [0.25, 0.3) is 0 Å². The molecule has 0 radical (unpaired) electrons. The van der Waals surface area contributed by atoms with Crippen LogP contribution in [0.4, 0.5) is 0 Å². The Hall–Kier alpha value is -1.93. The van der Waals surface area contributed by atoms with Crippen LogP contribution in [-0.2, 0) is 19.0 Å². The van der Waals surface area contributed by atoms with Gasteiger partial charge in [0.05, 0.1) is 6.61 Å². The molecule has 1 aliphatic rings. The van der Waals surface area contributed by atoms with Crippen molar-refractivity contribution in [3.63, 3.8) is 0 Å². The molecule has 2 rings (SSSR count). The van der Waals surface area contributed by atoms with E-state index in [-0.39, 0.29) is 13.2 Å². The van der Waals surface area contributed by atoms with E-state index < -0.39 is 29.7 Å². The van der Waals surface area contributed by atoms with Gasteiger partial charge in [0, 0.05) is 18.7 Å². The number of hydrogen-bond donors (Lipinski definition) is 1. The van der Waals surface area contributed by atoms with Crippen molar-refractivity contribution >= 4 is 5.97 Å². The lowest BCUT2D eigenvalue weighted by Gasteiger charge is -2.13. The first-order valence-electron chi connectivity index (χ1n) is 5.70. The van der Waals surface area contributed by atoms with Crippen molar-refractivity contribution in [2.75, 3.05) is 13.2 Å². The van der Waals surface area contributed by atoms with Crippen molar-refractivity contribution in [1.82, 2.24) is 9.55 Å². The third-order valence-corrected chi connectivity index (χ3v) is 2.61. The highest BCUT2D eigenvalue weighted by Crippen LogP contribution is 2.19. The smallest absolute Gasteiger partial charge is 0.330 e. The third-order valence-electron chi connectivity index (χ3n) is 2.61. The number of carbonyl (C=O) groups excluding carboxylic acids is 1. The lowest BCUT2D eigenvalue weighted by Crippen LogP contribution is -2.34. The van der Waals surface area contributed by atoms with Crippen LogP contribution in [0.5, 0.6) is 0 Å². The maximum atomic E-state index is 11.6. The zero-order chi connectivity index (χ0) is 14.0. The van der Waals surface area contributed by atoms with Crippen molar-refractivity contribution in [2.24, 2.45) is 0 Å². The molecule has 0 unspecified atom stereocenters. The highest BCUT2D eigenvalue weighted by molar-refractivity contribution is 5.65. The highest BCUT2D eigenvalue weighted by atomic mass is 16.7. The third kappa shape index (κ3) is 3.09. The topological polar surface area (TPSA) is 99.6 Å². The highest BCUT2D eigenvalue weighted by Gasteiger charge is 2.29. The van der Waals surface area contributed by atoms with Gasteiger partial charge in [-0.25, -0.2) is 4.79 Å². The van der Waals surface area contributed by atoms with Crippen LogP contribution in [0.15, 0.2) is 15.8 Å². The van der Waals surface area contributed by atoms with Crippen LogP contribution >= 0.6 is 0 Å². The Bertz CT molecular complexity index is 590. The van der Waals surface area contributed by atoms with Crippen molar-refractivity contribution in [3.8, 4) is 0 Å². The predicted molar refractivity (Wildman–Crippen MR) is 62.6 cm³/mol. The summed E-state index contributed by atoms with van der Waals surface area (Å²) < 4.78 is 16.6. The molecule has 1 aromatic rings. The molecule has 0 aliphatic carbocycles. The van der Waals surface area contributed by atoms with Gasteiger partial charge in [-0.2, -0.15) is 0 Å². The maximum Gasteiger partial charge on any atom is 0.330 e. The van der Waals surface area contributed by atoms with Gasteiger partial charge in [0.25, 0.3) is 5.56 Å². The summed E-state index contributed by atoms with van der Waals surface area (Å²) in [6.45, 7) is 2.96. The van der Waals surface area contributed by atoms with Crippen LogP contribution in [0, 0.1) is 6.92 Å². The number of ether oxygens (including phenoxy) is 3. The Labute approximate surface area is 107 Å². The standard InChI is InChI=1S/C11H14N2O6/c1-6-3-13(11(16)12-10(6)15)8-4-18-9(19-8)5-17-7(2)14/h3,8-9H,4-5H2,1-2H3,(H,12,15,16)/t8-,9+/m0/s1. The molecule has 1 saturated heterocycles. The number of nitrogens with one attached hydrogen (secondary N) is 1. The molecule has 8 nitrogen and oxygen atoms in total. The minimum absolute atomic E-state index is 0.0388. The molecule has 2 heterocycles. The van der Waals surface area contributed by atoms with E-state index in [2.05, 4.69) is 4.98 Å². The Kier molecular flexibility index (Phi) is 3.82. The molecule has 0 amide bonds. The van der Waals surface area contributed by atoms with Crippen LogP contribution in [-0.4, -0.2) is 35.0 Å². The number of hydrogen-bond acceptors (Lipinski definition) is 6. The summed E-state index contributed by atoms with van der Waals surface area (Å²) in [5.41, 5.74) is -0.611. The summed E-state index contributed by atoms with van der Waals surface area (Å²) in [5, 5.41) is 0. The van der Waals surface area contributed by atoms with Gasteiger partial charge in [-0.15, -0.1) is 0 Å². The number of aryl methyl sites for hydroxylation is 1. The molecule has 2 atom stereocenters. The SMILES string of the molecule is CC(=O)OC[C@@H]1OC[C@@H](n2cc(C)c(=O)[nH]c2=O)O1. The van der Waals surface area contributed by atoms with Crippen molar-refractivity contribution in [2.45, 2.75) is 26.4 Å². The number of carbonyl (C=O) groups is 1. The van der Waals surface area contributed by atoms with E-state index in [9.17, 15) is 14.4 Å². The van der Waals surface area contributed by atoms with Gasteiger partial charge in [-0.05, 0) is 6.92 Å². The summed E-state index contributed by atoms with van der Waals surface area (Å²) >= 11 is 0. The second-order valence-electron chi connectivity index (χ2n) is 4.13. The van der Waals surface area contributed by atoms with Crippen molar-refractivity contribution in [1.29, 1.82) is 0 Å². The maximum absolute atomic E-state index is 11.6. The second kappa shape index (κ2) is 5.37. The molecule has 0 aromatic carbocycles. The van der Waals surface area contributed by atoms with E-state index in [1.807, 2.05) is 0 Å².